The maximum absolute atomic E-state index is 5.19. The summed E-state index contributed by atoms with van der Waals surface area (Å²) in [6, 6.07) is 8.14. The number of hydrogen-bond donors (Lipinski definition) is 1. The first-order valence-electron chi connectivity index (χ1n) is 6.75. The SMILES string of the molecule is COc1ccc(-c2sc(CNC(C)(C)C)nc2C)cc1. The lowest BCUT2D eigenvalue weighted by molar-refractivity contribution is 0.415. The summed E-state index contributed by atoms with van der Waals surface area (Å²) in [4.78, 5) is 5.89. The molecule has 0 saturated heterocycles. The number of nitrogens with zero attached hydrogens (tertiary/aromatic N) is 1. The van der Waals surface area contributed by atoms with Crippen molar-refractivity contribution in [3.8, 4) is 16.2 Å². The molecule has 4 heteroatoms. The molecule has 0 aliphatic heterocycles. The van der Waals surface area contributed by atoms with E-state index < -0.39 is 0 Å². The lowest BCUT2D eigenvalue weighted by atomic mass is 10.1. The third-order valence-electron chi connectivity index (χ3n) is 2.96. The minimum atomic E-state index is 0.111. The average molecular weight is 290 g/mol. The predicted molar refractivity (Wildman–Crippen MR) is 85.4 cm³/mol. The van der Waals surface area contributed by atoms with Gasteiger partial charge in [-0.3, -0.25) is 0 Å². The van der Waals surface area contributed by atoms with Crippen molar-refractivity contribution in [2.24, 2.45) is 0 Å². The highest BCUT2D eigenvalue weighted by atomic mass is 32.1. The molecule has 108 valence electrons. The van der Waals surface area contributed by atoms with Crippen LogP contribution in [0.15, 0.2) is 24.3 Å². The molecule has 0 saturated carbocycles. The van der Waals surface area contributed by atoms with Crippen LogP contribution in [0.4, 0.5) is 0 Å². The molecule has 1 aromatic heterocycles. The highest BCUT2D eigenvalue weighted by Gasteiger charge is 2.13. The Labute approximate surface area is 125 Å². The average Bonchev–Trinajstić information content (AvgIpc) is 2.77. The van der Waals surface area contributed by atoms with Crippen LogP contribution in [0.3, 0.4) is 0 Å². The molecular formula is C16H22N2OS. The Morgan fingerprint density at radius 3 is 2.40 bits per heavy atom. The van der Waals surface area contributed by atoms with Crippen LogP contribution in [0.1, 0.15) is 31.5 Å². The molecule has 0 spiro atoms. The summed E-state index contributed by atoms with van der Waals surface area (Å²) >= 11 is 1.75. The van der Waals surface area contributed by atoms with E-state index >= 15 is 0 Å². The van der Waals surface area contributed by atoms with E-state index in [4.69, 9.17) is 4.74 Å². The van der Waals surface area contributed by atoms with E-state index in [9.17, 15) is 0 Å². The third kappa shape index (κ3) is 3.81. The summed E-state index contributed by atoms with van der Waals surface area (Å²) in [5.74, 6) is 0.880. The van der Waals surface area contributed by atoms with Crippen LogP contribution in [0.25, 0.3) is 10.4 Å². The molecule has 2 aromatic rings. The monoisotopic (exact) mass is 290 g/mol. The molecule has 0 fully saturated rings. The quantitative estimate of drug-likeness (QED) is 0.923. The van der Waals surface area contributed by atoms with Crippen molar-refractivity contribution in [1.29, 1.82) is 0 Å². The molecule has 0 unspecified atom stereocenters. The molecule has 1 heterocycles. The van der Waals surface area contributed by atoms with Crippen LogP contribution in [0.5, 0.6) is 5.75 Å². The fourth-order valence-electron chi connectivity index (χ4n) is 1.88. The number of hydrogen-bond acceptors (Lipinski definition) is 4. The molecule has 2 rings (SSSR count). The summed E-state index contributed by atoms with van der Waals surface area (Å²) in [5.41, 5.74) is 2.40. The molecule has 3 nitrogen and oxygen atoms in total. The van der Waals surface area contributed by atoms with Crippen LogP contribution in [-0.2, 0) is 6.54 Å². The van der Waals surface area contributed by atoms with Crippen LogP contribution < -0.4 is 10.1 Å². The Morgan fingerprint density at radius 2 is 1.85 bits per heavy atom. The van der Waals surface area contributed by atoms with Gasteiger partial charge < -0.3 is 10.1 Å². The van der Waals surface area contributed by atoms with Gasteiger partial charge in [-0.15, -0.1) is 11.3 Å². The van der Waals surface area contributed by atoms with Gasteiger partial charge in [-0.2, -0.15) is 0 Å². The zero-order valence-electron chi connectivity index (χ0n) is 12.8. The highest BCUT2D eigenvalue weighted by molar-refractivity contribution is 7.15. The topological polar surface area (TPSA) is 34.1 Å². The second kappa shape index (κ2) is 5.94. The van der Waals surface area contributed by atoms with Crippen LogP contribution in [0.2, 0.25) is 0 Å². The lowest BCUT2D eigenvalue weighted by Crippen LogP contribution is -2.35. The maximum Gasteiger partial charge on any atom is 0.118 e. The van der Waals surface area contributed by atoms with E-state index in [1.807, 2.05) is 12.1 Å². The number of benzene rings is 1. The number of thiazole rings is 1. The first-order valence-corrected chi connectivity index (χ1v) is 7.56. The Kier molecular flexibility index (Phi) is 4.45. The van der Waals surface area contributed by atoms with Crippen molar-refractivity contribution in [2.45, 2.75) is 39.8 Å². The second-order valence-corrected chi connectivity index (χ2v) is 6.94. The number of methoxy groups -OCH3 is 1. The zero-order chi connectivity index (χ0) is 14.8. The summed E-state index contributed by atoms with van der Waals surface area (Å²) in [6.45, 7) is 9.37. The van der Waals surface area contributed by atoms with Gasteiger partial charge in [0, 0.05) is 12.1 Å². The van der Waals surface area contributed by atoms with Gasteiger partial charge in [0.15, 0.2) is 0 Å². The van der Waals surface area contributed by atoms with Crippen LogP contribution >= 0.6 is 11.3 Å². The minimum Gasteiger partial charge on any atom is -0.497 e. The van der Waals surface area contributed by atoms with Crippen molar-refractivity contribution in [2.75, 3.05) is 7.11 Å². The molecule has 0 bridgehead atoms. The third-order valence-corrected chi connectivity index (χ3v) is 4.17. The standard InChI is InChI=1S/C16H22N2OS/c1-11-15(12-6-8-13(19-5)9-7-12)20-14(18-11)10-17-16(2,3)4/h6-9,17H,10H2,1-5H3. The van der Waals surface area contributed by atoms with Gasteiger partial charge in [0.05, 0.1) is 17.7 Å². The zero-order valence-corrected chi connectivity index (χ0v) is 13.6. The van der Waals surface area contributed by atoms with E-state index in [0.29, 0.717) is 0 Å². The van der Waals surface area contributed by atoms with E-state index in [0.717, 1.165) is 23.0 Å². The van der Waals surface area contributed by atoms with Crippen molar-refractivity contribution < 1.29 is 4.74 Å². The molecule has 0 radical (unpaired) electrons. The largest absolute Gasteiger partial charge is 0.497 e. The molecular weight excluding hydrogens is 268 g/mol. The van der Waals surface area contributed by atoms with Gasteiger partial charge in [-0.05, 0) is 57.5 Å². The highest BCUT2D eigenvalue weighted by Crippen LogP contribution is 2.31. The molecule has 0 amide bonds. The molecule has 1 N–H and O–H groups in total. The summed E-state index contributed by atoms with van der Waals surface area (Å²) < 4.78 is 5.19. The van der Waals surface area contributed by atoms with E-state index in [1.54, 1.807) is 18.4 Å². The van der Waals surface area contributed by atoms with Gasteiger partial charge >= 0.3 is 0 Å². The fourth-order valence-corrected chi connectivity index (χ4v) is 2.89. The van der Waals surface area contributed by atoms with E-state index in [2.05, 4.69) is 50.1 Å². The summed E-state index contributed by atoms with van der Waals surface area (Å²) in [5, 5.41) is 4.60. The van der Waals surface area contributed by atoms with Gasteiger partial charge in [0.1, 0.15) is 10.8 Å². The first-order chi connectivity index (χ1) is 9.39. The molecule has 0 aliphatic carbocycles. The number of aromatic nitrogens is 1. The summed E-state index contributed by atoms with van der Waals surface area (Å²) in [7, 11) is 1.68. The van der Waals surface area contributed by atoms with Gasteiger partial charge in [0.2, 0.25) is 0 Å². The van der Waals surface area contributed by atoms with Crippen molar-refractivity contribution in [3.05, 3.63) is 35.0 Å². The maximum atomic E-state index is 5.19. The predicted octanol–water partition coefficient (Wildman–Crippen LogP) is 4.02. The molecule has 0 atom stereocenters. The van der Waals surface area contributed by atoms with Gasteiger partial charge in [0.25, 0.3) is 0 Å². The number of ether oxygens (including phenoxy) is 1. The minimum absolute atomic E-state index is 0.111. The Balaban J connectivity index is 2.18. The van der Waals surface area contributed by atoms with Gasteiger partial charge in [-0.1, -0.05) is 0 Å². The van der Waals surface area contributed by atoms with Gasteiger partial charge in [-0.25, -0.2) is 4.98 Å². The number of aryl methyl sites for hydroxylation is 1. The van der Waals surface area contributed by atoms with Crippen LogP contribution in [0, 0.1) is 6.92 Å². The lowest BCUT2D eigenvalue weighted by Gasteiger charge is -2.19. The molecule has 20 heavy (non-hydrogen) atoms. The summed E-state index contributed by atoms with van der Waals surface area (Å²) in [6.07, 6.45) is 0. The first kappa shape index (κ1) is 15.0. The van der Waals surface area contributed by atoms with Crippen molar-refractivity contribution >= 4 is 11.3 Å². The molecule has 0 aliphatic rings. The van der Waals surface area contributed by atoms with E-state index in [-0.39, 0.29) is 5.54 Å². The van der Waals surface area contributed by atoms with Crippen molar-refractivity contribution in [1.82, 2.24) is 10.3 Å². The second-order valence-electron chi connectivity index (χ2n) is 5.85. The Hall–Kier alpha value is -1.39. The van der Waals surface area contributed by atoms with Crippen LogP contribution in [-0.4, -0.2) is 17.6 Å². The Morgan fingerprint density at radius 1 is 1.20 bits per heavy atom. The van der Waals surface area contributed by atoms with Crippen molar-refractivity contribution in [3.63, 3.8) is 0 Å². The smallest absolute Gasteiger partial charge is 0.118 e. The fraction of sp³-hybridized carbons (Fsp3) is 0.438. The molecule has 1 aromatic carbocycles. The number of rotatable bonds is 4. The normalized spacial score (nSPS) is 11.7. The van der Waals surface area contributed by atoms with E-state index in [1.165, 1.54) is 10.4 Å². The number of nitrogens with one attached hydrogen (secondary N) is 1. The Bertz CT molecular complexity index is 567.